The van der Waals surface area contributed by atoms with Gasteiger partial charge >= 0.3 is 0 Å². The molecule has 1 aromatic heterocycles. The van der Waals surface area contributed by atoms with Crippen LogP contribution in [0.25, 0.3) is 6.20 Å². The molecule has 4 rings (SSSR count). The van der Waals surface area contributed by atoms with E-state index >= 15 is 0 Å². The fraction of sp³-hybridized carbons (Fsp3) is 0.412. The highest BCUT2D eigenvalue weighted by Crippen LogP contribution is 1.97. The molecule has 2 aromatic carbocycles. The Morgan fingerprint density at radius 2 is 1.50 bits per heavy atom. The second-order valence-corrected chi connectivity index (χ2v) is 9.53. The van der Waals surface area contributed by atoms with Crippen LogP contribution in [0, 0.1) is 0 Å². The van der Waals surface area contributed by atoms with Crippen LogP contribution < -0.4 is 27.4 Å². The van der Waals surface area contributed by atoms with Gasteiger partial charge in [-0.25, -0.2) is 4.98 Å². The topological polar surface area (TPSA) is 123 Å². The van der Waals surface area contributed by atoms with Gasteiger partial charge in [0.15, 0.2) is 0 Å². The number of benzene rings is 2. The molecule has 0 aliphatic carbocycles. The Hall–Kier alpha value is -2.40. The summed E-state index contributed by atoms with van der Waals surface area (Å²) in [6.07, 6.45) is 13.1. The molecule has 7 N–H and O–H groups in total. The molecule has 1 aliphatic heterocycles. The highest BCUT2D eigenvalue weighted by molar-refractivity contribution is 5.92. The molecule has 1 aliphatic rings. The number of imidazole rings is 1. The number of hydrogen-bond donors (Lipinski definition) is 5. The molecule has 0 spiro atoms. The van der Waals surface area contributed by atoms with Crippen molar-refractivity contribution in [2.24, 2.45) is 11.5 Å². The summed E-state index contributed by atoms with van der Waals surface area (Å²) in [7, 11) is 0. The second-order valence-electron chi connectivity index (χ2n) is 9.53. The van der Waals surface area contributed by atoms with E-state index in [1.54, 1.807) is 30.2 Å². The standard InChI is InChI=1S/C10H15N.C7H14N2O.C7H9N.C5H6N2.C5H11N.4ClH/c1-2-8-11-9-10-6-4-3-5-7-10;1-6(2)7(10)9-5-3-4-8;8-6-7-4-2-1-3-5-7;1-2-7-4-3-6-5-7;1-2-4-6-5-3-1;;;;/h3-7,11H,2,8-9H2,1H3;1,3-5,8H2,2H3,(H,9,10);1-5H,6,8H2;2-5H,1H2;6H,1-5H2;4*1H. The van der Waals surface area contributed by atoms with E-state index in [9.17, 15) is 4.79 Å². The Morgan fingerprint density at radius 1 is 0.935 bits per heavy atom. The van der Waals surface area contributed by atoms with E-state index in [1.807, 2.05) is 42.6 Å². The van der Waals surface area contributed by atoms with Crippen LogP contribution in [0.5, 0.6) is 0 Å². The first kappa shape index (κ1) is 53.1. The summed E-state index contributed by atoms with van der Waals surface area (Å²) in [6.45, 7) is 17.4. The fourth-order valence-electron chi connectivity index (χ4n) is 3.25. The third kappa shape index (κ3) is 34.5. The quantitative estimate of drug-likeness (QED) is 0.116. The number of halogens is 4. The lowest BCUT2D eigenvalue weighted by Crippen LogP contribution is -2.26. The molecule has 8 nitrogen and oxygen atoms in total. The number of nitrogens with zero attached hydrogens (tertiary/aromatic N) is 2. The molecule has 46 heavy (non-hydrogen) atoms. The number of nitrogens with two attached hydrogens (primary N) is 2. The zero-order chi connectivity index (χ0) is 31.1. The maximum absolute atomic E-state index is 10.8. The van der Waals surface area contributed by atoms with Crippen molar-refractivity contribution in [1.29, 1.82) is 0 Å². The van der Waals surface area contributed by atoms with Gasteiger partial charge in [-0.3, -0.25) is 4.79 Å². The molecule has 264 valence electrons. The van der Waals surface area contributed by atoms with Crippen molar-refractivity contribution in [3.05, 3.63) is 109 Å². The van der Waals surface area contributed by atoms with E-state index < -0.39 is 0 Å². The third-order valence-electron chi connectivity index (χ3n) is 5.67. The van der Waals surface area contributed by atoms with E-state index in [-0.39, 0.29) is 55.5 Å². The molecule has 3 aromatic rings. The number of hydrogen-bond acceptors (Lipinski definition) is 6. The van der Waals surface area contributed by atoms with E-state index in [2.05, 4.69) is 65.3 Å². The monoisotopic (exact) mass is 721 g/mol. The first-order valence-corrected chi connectivity index (χ1v) is 14.9. The van der Waals surface area contributed by atoms with E-state index in [0.717, 1.165) is 19.5 Å². The minimum Gasteiger partial charge on any atom is -0.352 e. The maximum atomic E-state index is 10.8. The summed E-state index contributed by atoms with van der Waals surface area (Å²) in [5, 5.41) is 9.30. The first-order valence-electron chi connectivity index (χ1n) is 14.9. The van der Waals surface area contributed by atoms with E-state index in [4.69, 9.17) is 11.5 Å². The number of carbonyl (C=O) groups is 1. The summed E-state index contributed by atoms with van der Waals surface area (Å²) < 4.78 is 1.78. The number of aromatic nitrogens is 2. The van der Waals surface area contributed by atoms with Crippen LogP contribution in [0.2, 0.25) is 0 Å². The van der Waals surface area contributed by atoms with Gasteiger partial charge in [-0.1, -0.05) is 87.2 Å². The van der Waals surface area contributed by atoms with E-state index in [1.165, 1.54) is 49.9 Å². The van der Waals surface area contributed by atoms with Crippen LogP contribution in [-0.4, -0.2) is 48.2 Å². The smallest absolute Gasteiger partial charge is 0.246 e. The van der Waals surface area contributed by atoms with Gasteiger partial charge in [0, 0.05) is 43.8 Å². The van der Waals surface area contributed by atoms with Crippen LogP contribution in [0.4, 0.5) is 0 Å². The van der Waals surface area contributed by atoms with Gasteiger partial charge < -0.3 is 32.0 Å². The average Bonchev–Trinajstić information content (AvgIpc) is 3.59. The average molecular weight is 724 g/mol. The molecule has 0 bridgehead atoms. The van der Waals surface area contributed by atoms with Crippen molar-refractivity contribution < 1.29 is 4.79 Å². The van der Waals surface area contributed by atoms with Gasteiger partial charge in [0.1, 0.15) is 0 Å². The first-order chi connectivity index (χ1) is 20.5. The van der Waals surface area contributed by atoms with Crippen LogP contribution in [-0.2, 0) is 17.9 Å². The third-order valence-corrected chi connectivity index (χ3v) is 5.67. The highest BCUT2D eigenvalue weighted by Gasteiger charge is 1.97. The summed E-state index contributed by atoms with van der Waals surface area (Å²) in [4.78, 5) is 14.6. The predicted molar refractivity (Wildman–Crippen MR) is 209 cm³/mol. The van der Waals surface area contributed by atoms with Crippen molar-refractivity contribution in [2.75, 3.05) is 32.7 Å². The van der Waals surface area contributed by atoms with Crippen LogP contribution in [0.15, 0.2) is 98.1 Å². The Balaban J connectivity index is -0.000000151. The Bertz CT molecular complexity index is 1010. The summed E-state index contributed by atoms with van der Waals surface area (Å²) in [5.74, 6) is -0.0894. The fourth-order valence-corrected chi connectivity index (χ4v) is 3.25. The number of carbonyl (C=O) groups excluding carboxylic acids is 1. The largest absolute Gasteiger partial charge is 0.352 e. The second kappa shape index (κ2) is 40.6. The predicted octanol–water partition coefficient (Wildman–Crippen LogP) is 6.79. The molecule has 1 fully saturated rings. The van der Waals surface area contributed by atoms with Crippen molar-refractivity contribution in [3.8, 4) is 0 Å². The van der Waals surface area contributed by atoms with Crippen molar-refractivity contribution in [2.45, 2.75) is 59.0 Å². The molecule has 0 unspecified atom stereocenters. The van der Waals surface area contributed by atoms with Crippen molar-refractivity contribution in [1.82, 2.24) is 25.5 Å². The normalized spacial score (nSPS) is 10.3. The molecular formula is C34H59Cl4N7O. The minimum atomic E-state index is -0.0894. The molecule has 12 heteroatoms. The lowest BCUT2D eigenvalue weighted by Gasteiger charge is -2.08. The maximum Gasteiger partial charge on any atom is 0.246 e. The minimum absolute atomic E-state index is 0. The molecule has 1 amide bonds. The number of rotatable bonds is 10. The van der Waals surface area contributed by atoms with Crippen LogP contribution in [0.3, 0.4) is 0 Å². The molecule has 1 saturated heterocycles. The Kier molecular flexibility index (Phi) is 46.9. The number of amides is 1. The SMILES string of the molecule is C1CCNCC1.C=C(C)C(=O)NCCCN.C=Cn1ccnc1.CCCNCc1ccccc1.Cl.Cl.Cl.Cl.NCc1ccccc1. The molecule has 0 saturated carbocycles. The lowest BCUT2D eigenvalue weighted by atomic mass is 10.2. The van der Waals surface area contributed by atoms with Gasteiger partial charge in [0.2, 0.25) is 5.91 Å². The molecule has 0 radical (unpaired) electrons. The number of nitrogens with one attached hydrogen (secondary N) is 3. The summed E-state index contributed by atoms with van der Waals surface area (Å²) >= 11 is 0. The highest BCUT2D eigenvalue weighted by atomic mass is 35.5. The van der Waals surface area contributed by atoms with Gasteiger partial charge in [-0.15, -0.1) is 49.6 Å². The van der Waals surface area contributed by atoms with Gasteiger partial charge in [-0.2, -0.15) is 0 Å². The van der Waals surface area contributed by atoms with Crippen molar-refractivity contribution >= 4 is 61.7 Å². The number of piperidine rings is 1. The van der Waals surface area contributed by atoms with Gasteiger partial charge in [0.25, 0.3) is 0 Å². The molecule has 2 heterocycles. The van der Waals surface area contributed by atoms with Crippen LogP contribution >= 0.6 is 49.6 Å². The molecule has 0 atom stereocenters. The molecular weight excluding hydrogens is 664 g/mol. The van der Waals surface area contributed by atoms with Gasteiger partial charge in [-0.05, 0) is 69.9 Å². The summed E-state index contributed by atoms with van der Waals surface area (Å²) in [5.41, 5.74) is 13.7. The Labute approximate surface area is 303 Å². The summed E-state index contributed by atoms with van der Waals surface area (Å²) in [6, 6.07) is 20.5. The van der Waals surface area contributed by atoms with Crippen LogP contribution in [0.1, 0.15) is 57.1 Å². The Morgan fingerprint density at radius 3 is 1.83 bits per heavy atom. The van der Waals surface area contributed by atoms with E-state index in [0.29, 0.717) is 25.2 Å². The zero-order valence-electron chi connectivity index (χ0n) is 27.6. The van der Waals surface area contributed by atoms with Crippen molar-refractivity contribution in [3.63, 3.8) is 0 Å². The lowest BCUT2D eigenvalue weighted by molar-refractivity contribution is -0.117. The zero-order valence-corrected chi connectivity index (χ0v) is 30.8. The van der Waals surface area contributed by atoms with Gasteiger partial charge in [0.05, 0.1) is 6.33 Å².